The summed E-state index contributed by atoms with van der Waals surface area (Å²) < 4.78 is 11.2. The van der Waals surface area contributed by atoms with Crippen molar-refractivity contribution < 1.29 is 32.2 Å². The van der Waals surface area contributed by atoms with E-state index in [9.17, 15) is 24.0 Å². The van der Waals surface area contributed by atoms with Gasteiger partial charge in [0, 0.05) is 12.1 Å². The Bertz CT molecular complexity index is 325. The van der Waals surface area contributed by atoms with Gasteiger partial charge in [0.15, 0.2) is 24.2 Å². The zero-order valence-corrected chi connectivity index (χ0v) is 21.1. The first-order chi connectivity index (χ1) is 10.7. The van der Waals surface area contributed by atoms with Crippen LogP contribution < -0.4 is 11.5 Å². The van der Waals surface area contributed by atoms with Crippen LogP contribution in [-0.2, 0) is 8.23 Å². The predicted molar refractivity (Wildman–Crippen MR) is 100 cm³/mol. The van der Waals surface area contributed by atoms with Gasteiger partial charge in [-0.05, 0) is 25.9 Å². The molecule has 0 amide bonds. The van der Waals surface area contributed by atoms with E-state index in [1.165, 1.54) is 0 Å². The molecule has 6 radical (unpaired) electrons. The van der Waals surface area contributed by atoms with E-state index in [1.54, 1.807) is 0 Å². The van der Waals surface area contributed by atoms with Crippen molar-refractivity contribution in [2.75, 3.05) is 13.1 Å². The summed E-state index contributed by atoms with van der Waals surface area (Å²) in [5.74, 6) is 0. The number of hydrogen-bond donors (Lipinski definition) is 7. The highest BCUT2D eigenvalue weighted by atomic mass is 30.1. The van der Waals surface area contributed by atoms with Gasteiger partial charge in [-0.3, -0.25) is 0 Å². The fraction of sp³-hybridized carbons (Fsp3) is 1.00. The van der Waals surface area contributed by atoms with Crippen LogP contribution in [-0.4, -0.2) is 105 Å². The van der Waals surface area contributed by atoms with Crippen molar-refractivity contribution >= 4 is 67.5 Å². The Morgan fingerprint density at radius 3 is 1.52 bits per heavy atom. The van der Waals surface area contributed by atoms with Crippen LogP contribution in [0, 0.1) is 0 Å². The molecule has 1 rings (SSSR count). The lowest BCUT2D eigenvalue weighted by atomic mass is 10.5. The molecule has 23 heavy (non-hydrogen) atoms. The summed E-state index contributed by atoms with van der Waals surface area (Å²) in [6.45, 7) is 0.755. The fourth-order valence-electron chi connectivity index (χ4n) is 1.82. The van der Waals surface area contributed by atoms with Crippen molar-refractivity contribution in [2.24, 2.45) is 11.5 Å². The maximum Gasteiger partial charge on any atom is 0.484 e. The highest BCUT2D eigenvalue weighted by Crippen LogP contribution is 2.12. The number of nitrogens with two attached hydrogens (primary N) is 2. The summed E-state index contributed by atoms with van der Waals surface area (Å²) in [5, 5.41) is 0. The van der Waals surface area contributed by atoms with Crippen LogP contribution in [0.5, 0.6) is 0 Å². The molecule has 0 atom stereocenters. The maximum absolute atomic E-state index is 10.1. The van der Waals surface area contributed by atoms with Crippen LogP contribution in [0.2, 0.25) is 12.1 Å². The van der Waals surface area contributed by atoms with Crippen molar-refractivity contribution in [2.45, 2.75) is 24.9 Å². The average Bonchev–Trinajstić information content (AvgIpc) is 2.41. The quantitative estimate of drug-likeness (QED) is 0.157. The Kier molecular flexibility index (Phi) is 10.2. The van der Waals surface area contributed by atoms with Crippen LogP contribution in [0.4, 0.5) is 0 Å². The van der Waals surface area contributed by atoms with Gasteiger partial charge in [0.2, 0.25) is 0 Å². The highest BCUT2D eigenvalue weighted by Gasteiger charge is 2.45. The minimum atomic E-state index is -3.70. The molecule has 9 nitrogen and oxygen atoms in total. The van der Waals surface area contributed by atoms with Gasteiger partial charge in [0.25, 0.3) is 0 Å². The molecule has 0 spiro atoms. The topological polar surface area (TPSA) is 172 Å². The summed E-state index contributed by atoms with van der Waals surface area (Å²) in [6, 6.07) is 0.351. The van der Waals surface area contributed by atoms with Gasteiger partial charge in [0.1, 0.15) is 0 Å². The van der Waals surface area contributed by atoms with Crippen molar-refractivity contribution in [3.8, 4) is 0 Å². The van der Waals surface area contributed by atoms with E-state index in [4.69, 9.17) is 19.7 Å². The van der Waals surface area contributed by atoms with Gasteiger partial charge in [0.05, 0.1) is 25.7 Å². The average molecular weight is 461 g/mol. The van der Waals surface area contributed by atoms with Crippen LogP contribution in [0.15, 0.2) is 0 Å². The molecule has 0 bridgehead atoms. The minimum absolute atomic E-state index is 0.176. The Morgan fingerprint density at radius 2 is 1.17 bits per heavy atom. The first-order valence-electron chi connectivity index (χ1n) is 7.19. The summed E-state index contributed by atoms with van der Waals surface area (Å²) >= 11 is 0. The van der Waals surface area contributed by atoms with Gasteiger partial charge in [-0.2, -0.15) is 0 Å². The second-order valence-electron chi connectivity index (χ2n) is 5.14. The molecule has 132 valence electrons. The molecule has 0 unspecified atom stereocenters. The first kappa shape index (κ1) is 22.4. The minimum Gasteiger partial charge on any atom is -0.440 e. The smallest absolute Gasteiger partial charge is 0.440 e. The molecule has 1 aliphatic rings. The molecule has 0 saturated carbocycles. The van der Waals surface area contributed by atoms with Gasteiger partial charge in [-0.15, -0.1) is 0 Å². The lowest BCUT2D eigenvalue weighted by Gasteiger charge is -2.32. The number of hydrogen-bond acceptors (Lipinski definition) is 9. The molecule has 1 fully saturated rings. The van der Waals surface area contributed by atoms with Gasteiger partial charge < -0.3 is 43.7 Å². The predicted octanol–water partition coefficient (Wildman–Crippen LogP) is -6.17. The molecule has 0 aliphatic carbocycles. The third-order valence-corrected chi connectivity index (χ3v) is 63.1. The van der Waals surface area contributed by atoms with E-state index >= 15 is 0 Å². The summed E-state index contributed by atoms with van der Waals surface area (Å²) in [7, 11) is -12.5. The number of rotatable bonds is 10. The van der Waals surface area contributed by atoms with Gasteiger partial charge in [-0.1, -0.05) is 0 Å². The second-order valence-corrected chi connectivity index (χ2v) is 40.8. The Labute approximate surface area is 149 Å². The zero-order valence-electron chi connectivity index (χ0n) is 12.7. The van der Waals surface area contributed by atoms with E-state index < -0.39 is 41.8 Å². The lowest BCUT2D eigenvalue weighted by Crippen LogP contribution is -2.67. The monoisotopic (exact) mass is 460 g/mol. The van der Waals surface area contributed by atoms with E-state index in [0.29, 0.717) is 25.9 Å². The molecule has 0 aromatic heterocycles. The molecule has 1 saturated heterocycles. The van der Waals surface area contributed by atoms with E-state index in [-0.39, 0.29) is 37.8 Å². The van der Waals surface area contributed by atoms with Crippen LogP contribution in [0.3, 0.4) is 0 Å². The van der Waals surface area contributed by atoms with Gasteiger partial charge >= 0.3 is 17.6 Å². The Morgan fingerprint density at radius 1 is 0.783 bits per heavy atom. The van der Waals surface area contributed by atoms with Crippen molar-refractivity contribution in [3.63, 3.8) is 0 Å². The summed E-state index contributed by atoms with van der Waals surface area (Å²) in [5.41, 5.74) is 10.8. The SMILES string of the molecule is NCCC[Si](O)(O)O[Si]1[SiH][Si](O)[SiH][Si](O[Si](O)(O)CCCN)[SiH]1. The molecular weight excluding hydrogens is 437 g/mol. The Hall–Kier alpha value is 1.38. The summed E-state index contributed by atoms with van der Waals surface area (Å²) in [4.78, 5) is 50.1. The van der Waals surface area contributed by atoms with Crippen LogP contribution in [0.25, 0.3) is 0 Å². The summed E-state index contributed by atoms with van der Waals surface area (Å²) in [6.07, 6.45) is 0.996. The fourth-order valence-corrected chi connectivity index (χ4v) is 107. The van der Waals surface area contributed by atoms with Crippen LogP contribution >= 0.6 is 0 Å². The van der Waals surface area contributed by atoms with Gasteiger partial charge in [-0.25, -0.2) is 0 Å². The third-order valence-electron chi connectivity index (χ3n) is 2.84. The van der Waals surface area contributed by atoms with E-state index in [0.717, 1.165) is 0 Å². The molecule has 0 aromatic rings. The normalized spacial score (nSPS) is 19.4. The maximum atomic E-state index is 10.1. The highest BCUT2D eigenvalue weighted by molar-refractivity contribution is 7.84. The van der Waals surface area contributed by atoms with Crippen molar-refractivity contribution in [1.82, 2.24) is 0 Å². The first-order valence-corrected chi connectivity index (χ1v) is 26.3. The van der Waals surface area contributed by atoms with Crippen molar-refractivity contribution in [1.29, 1.82) is 0 Å². The lowest BCUT2D eigenvalue weighted by molar-refractivity contribution is 0.244. The second kappa shape index (κ2) is 10.5. The molecular formula is C6H24N2O7Si8. The Balaban J connectivity index is 2.54. The van der Waals surface area contributed by atoms with Crippen molar-refractivity contribution in [3.05, 3.63) is 0 Å². The van der Waals surface area contributed by atoms with E-state index in [1.807, 2.05) is 0 Å². The third kappa shape index (κ3) is 9.59. The van der Waals surface area contributed by atoms with Crippen LogP contribution in [0.1, 0.15) is 12.8 Å². The zero-order chi connectivity index (χ0) is 17.5. The molecule has 1 heterocycles. The standard InChI is InChI=1S/C6H24N2O7Si8/c7-3-1-5-22(10,11)14-20-16-19(9)17-21(18-20)15-23(12,13)6-2-4-8/h9-13,16-18H,1-8H2. The largest absolute Gasteiger partial charge is 0.484 e. The van der Waals surface area contributed by atoms with E-state index in [2.05, 4.69) is 0 Å². The molecule has 9 N–H and O–H groups in total. The molecule has 1 aliphatic heterocycles. The molecule has 17 heteroatoms. The molecule has 0 aromatic carbocycles.